The molecule has 0 fully saturated rings. The van der Waals surface area contributed by atoms with Crippen molar-refractivity contribution in [1.29, 1.82) is 0 Å². The summed E-state index contributed by atoms with van der Waals surface area (Å²) in [6.07, 6.45) is 2.92. The number of benzene rings is 2. The molecular weight excluding hydrogens is 391 g/mol. The number of nitrogens with one attached hydrogen (secondary N) is 2. The van der Waals surface area contributed by atoms with Crippen molar-refractivity contribution in [1.82, 2.24) is 15.6 Å². The highest BCUT2D eigenvalue weighted by molar-refractivity contribution is 6.33. The van der Waals surface area contributed by atoms with Crippen LogP contribution in [-0.2, 0) is 6.54 Å². The summed E-state index contributed by atoms with van der Waals surface area (Å²) in [6.45, 7) is 0.488. The quantitative estimate of drug-likeness (QED) is 0.695. The van der Waals surface area contributed by atoms with Crippen LogP contribution in [-0.4, -0.2) is 35.7 Å². The smallest absolute Gasteiger partial charge is 0.145 e. The number of hydrogen-bond donors (Lipinski definition) is 2. The maximum atomic E-state index is 13.7. The van der Waals surface area contributed by atoms with Crippen LogP contribution in [0.15, 0.2) is 63.5 Å². The summed E-state index contributed by atoms with van der Waals surface area (Å²) < 4.78 is 13.7. The van der Waals surface area contributed by atoms with Gasteiger partial charge in [-0.2, -0.15) is 0 Å². The van der Waals surface area contributed by atoms with Crippen molar-refractivity contribution in [3.8, 4) is 11.3 Å². The molecular formula is C21H16ClFN6. The Labute approximate surface area is 171 Å². The van der Waals surface area contributed by atoms with Gasteiger partial charge in [0, 0.05) is 28.6 Å². The van der Waals surface area contributed by atoms with E-state index in [2.05, 4.69) is 25.6 Å². The summed E-state index contributed by atoms with van der Waals surface area (Å²) in [4.78, 5) is 17.7. The number of amidine groups is 1. The number of aromatic nitrogens is 1. The molecule has 3 heterocycles. The van der Waals surface area contributed by atoms with Gasteiger partial charge in [-0.1, -0.05) is 29.8 Å². The molecule has 0 amide bonds. The van der Waals surface area contributed by atoms with Crippen LogP contribution < -0.4 is 10.6 Å². The van der Waals surface area contributed by atoms with Gasteiger partial charge in [-0.05, 0) is 29.8 Å². The van der Waals surface area contributed by atoms with Crippen LogP contribution in [0, 0.1) is 5.82 Å². The number of nitrogens with zero attached hydrogens (tertiary/aromatic N) is 4. The molecule has 0 bridgehead atoms. The fourth-order valence-electron chi connectivity index (χ4n) is 3.52. The Kier molecular flexibility index (Phi) is 4.54. The zero-order valence-electron chi connectivity index (χ0n) is 15.2. The normalized spacial score (nSPS) is 19.9. The molecule has 2 aliphatic heterocycles. The van der Waals surface area contributed by atoms with Gasteiger partial charge >= 0.3 is 0 Å². The molecule has 2 N–H and O–H groups in total. The minimum absolute atomic E-state index is 0.175. The summed E-state index contributed by atoms with van der Waals surface area (Å²) in [5.74, 6) is 0.451. The fourth-order valence-corrected chi connectivity index (χ4v) is 3.74. The van der Waals surface area contributed by atoms with Crippen LogP contribution in [0.1, 0.15) is 5.56 Å². The summed E-state index contributed by atoms with van der Waals surface area (Å²) >= 11 is 6.43. The van der Waals surface area contributed by atoms with Crippen molar-refractivity contribution in [2.45, 2.75) is 18.8 Å². The molecule has 6 nitrogen and oxygen atoms in total. The minimum Gasteiger partial charge on any atom is -0.333 e. The second kappa shape index (κ2) is 7.35. The lowest BCUT2D eigenvalue weighted by molar-refractivity contribution is 0.502. The largest absolute Gasteiger partial charge is 0.333 e. The first-order valence-electron chi connectivity index (χ1n) is 9.14. The van der Waals surface area contributed by atoms with E-state index in [1.54, 1.807) is 12.4 Å². The van der Waals surface area contributed by atoms with E-state index in [0.717, 1.165) is 22.3 Å². The summed E-state index contributed by atoms with van der Waals surface area (Å²) in [7, 11) is 0. The lowest BCUT2D eigenvalue weighted by atomic mass is 10.0. The number of pyridine rings is 1. The number of hydrogen-bond acceptors (Lipinski definition) is 6. The topological polar surface area (TPSA) is 74.0 Å². The van der Waals surface area contributed by atoms with Gasteiger partial charge in [0.1, 0.15) is 30.2 Å². The van der Waals surface area contributed by atoms with Gasteiger partial charge in [0.15, 0.2) is 0 Å². The van der Waals surface area contributed by atoms with Crippen molar-refractivity contribution in [2.75, 3.05) is 0 Å². The maximum absolute atomic E-state index is 13.7. The van der Waals surface area contributed by atoms with Crippen LogP contribution in [0.25, 0.3) is 22.2 Å². The SMILES string of the molecule is Fc1ccc2cc(CNC3N=CN=C4NC=NC43)c(-c3ccccc3Cl)nc2c1. The first-order chi connectivity index (χ1) is 14.2. The van der Waals surface area contributed by atoms with E-state index in [1.165, 1.54) is 18.5 Å². The van der Waals surface area contributed by atoms with E-state index in [9.17, 15) is 4.39 Å². The van der Waals surface area contributed by atoms with Crippen molar-refractivity contribution >= 4 is 41.0 Å². The zero-order valence-corrected chi connectivity index (χ0v) is 15.9. The molecule has 2 unspecified atom stereocenters. The number of rotatable bonds is 4. The lowest BCUT2D eigenvalue weighted by Gasteiger charge is -2.22. The lowest BCUT2D eigenvalue weighted by Crippen LogP contribution is -2.44. The number of aliphatic imine (C=N–C) groups is 3. The molecule has 5 rings (SSSR count). The standard InChI is InChI=1S/C21H16ClFN6/c22-16-4-2-1-3-15(16)18-13(7-12-5-6-14(23)8-17(12)29-18)9-24-20-19-21(26-10-25-19)28-11-27-20/h1-8,10-11,19-20,24H,9H2,(H,25,26,27,28). The van der Waals surface area contributed by atoms with E-state index in [4.69, 9.17) is 16.6 Å². The average molecular weight is 407 g/mol. The average Bonchev–Trinajstić information content (AvgIpc) is 3.21. The van der Waals surface area contributed by atoms with Crippen LogP contribution in [0.2, 0.25) is 5.02 Å². The molecule has 29 heavy (non-hydrogen) atoms. The Morgan fingerprint density at radius 3 is 2.90 bits per heavy atom. The summed E-state index contributed by atoms with van der Waals surface area (Å²) in [5, 5.41) is 7.89. The Bertz CT molecular complexity index is 1190. The van der Waals surface area contributed by atoms with Crippen LogP contribution in [0.4, 0.5) is 4.39 Å². The predicted molar refractivity (Wildman–Crippen MR) is 114 cm³/mol. The van der Waals surface area contributed by atoms with Crippen molar-refractivity contribution in [3.63, 3.8) is 0 Å². The third kappa shape index (κ3) is 3.39. The van der Waals surface area contributed by atoms with Crippen molar-refractivity contribution < 1.29 is 4.39 Å². The monoisotopic (exact) mass is 406 g/mol. The van der Waals surface area contributed by atoms with Crippen LogP contribution >= 0.6 is 11.6 Å². The molecule has 2 atom stereocenters. The molecule has 3 aromatic rings. The van der Waals surface area contributed by atoms with Gasteiger partial charge in [-0.15, -0.1) is 0 Å². The first kappa shape index (κ1) is 17.9. The molecule has 8 heteroatoms. The van der Waals surface area contributed by atoms with Gasteiger partial charge in [0.2, 0.25) is 0 Å². The molecule has 144 valence electrons. The van der Waals surface area contributed by atoms with Crippen molar-refractivity contribution in [2.24, 2.45) is 15.0 Å². The molecule has 2 aromatic carbocycles. The van der Waals surface area contributed by atoms with Gasteiger partial charge in [0.25, 0.3) is 0 Å². The van der Waals surface area contributed by atoms with E-state index >= 15 is 0 Å². The van der Waals surface area contributed by atoms with Crippen LogP contribution in [0.3, 0.4) is 0 Å². The Morgan fingerprint density at radius 2 is 2.00 bits per heavy atom. The molecule has 2 aliphatic rings. The highest BCUT2D eigenvalue weighted by atomic mass is 35.5. The highest BCUT2D eigenvalue weighted by Crippen LogP contribution is 2.31. The molecule has 0 saturated heterocycles. The minimum atomic E-state index is -0.323. The zero-order chi connectivity index (χ0) is 19.8. The summed E-state index contributed by atoms with van der Waals surface area (Å²) in [5.41, 5.74) is 3.03. The molecule has 0 spiro atoms. The first-order valence-corrected chi connectivity index (χ1v) is 9.52. The Balaban J connectivity index is 1.53. The third-order valence-electron chi connectivity index (χ3n) is 4.94. The maximum Gasteiger partial charge on any atom is 0.145 e. The van der Waals surface area contributed by atoms with Crippen LogP contribution in [0.5, 0.6) is 0 Å². The summed E-state index contributed by atoms with van der Waals surface area (Å²) in [6, 6.07) is 13.9. The fraction of sp³-hybridized carbons (Fsp3) is 0.143. The Hall–Kier alpha value is -3.16. The van der Waals surface area contributed by atoms with E-state index < -0.39 is 0 Å². The van der Waals surface area contributed by atoms with Gasteiger partial charge in [0.05, 0.1) is 17.5 Å². The van der Waals surface area contributed by atoms with Gasteiger partial charge in [-0.3, -0.25) is 15.3 Å². The predicted octanol–water partition coefficient (Wildman–Crippen LogP) is 3.55. The number of fused-ring (bicyclic) bond motifs is 2. The highest BCUT2D eigenvalue weighted by Gasteiger charge is 2.30. The number of halogens is 2. The molecule has 0 aliphatic carbocycles. The van der Waals surface area contributed by atoms with E-state index in [0.29, 0.717) is 22.8 Å². The second-order valence-electron chi connectivity index (χ2n) is 6.78. The Morgan fingerprint density at radius 1 is 1.10 bits per heavy atom. The van der Waals surface area contributed by atoms with Gasteiger partial charge in [-0.25, -0.2) is 14.4 Å². The molecule has 0 radical (unpaired) electrons. The second-order valence-corrected chi connectivity index (χ2v) is 7.19. The van der Waals surface area contributed by atoms with Gasteiger partial charge < -0.3 is 5.32 Å². The molecule has 1 aromatic heterocycles. The van der Waals surface area contributed by atoms with Crippen molar-refractivity contribution in [3.05, 3.63) is 64.9 Å². The third-order valence-corrected chi connectivity index (χ3v) is 5.27. The van der Waals surface area contributed by atoms with E-state index in [-0.39, 0.29) is 18.0 Å². The van der Waals surface area contributed by atoms with E-state index in [1.807, 2.05) is 30.3 Å². The molecule has 0 saturated carbocycles.